The molecule has 0 spiro atoms. The van der Waals surface area contributed by atoms with Crippen LogP contribution in [0.15, 0.2) is 23.0 Å². The van der Waals surface area contributed by atoms with Crippen molar-refractivity contribution in [3.63, 3.8) is 0 Å². The van der Waals surface area contributed by atoms with E-state index >= 15 is 0 Å². The van der Waals surface area contributed by atoms with Crippen LogP contribution in [-0.2, 0) is 11.3 Å². The lowest BCUT2D eigenvalue weighted by atomic mass is 10.0. The zero-order valence-corrected chi connectivity index (χ0v) is 12.9. The highest BCUT2D eigenvalue weighted by Gasteiger charge is 2.28. The number of carboxylic acid groups (broad SMARTS) is 1. The maximum atomic E-state index is 12.3. The van der Waals surface area contributed by atoms with Crippen molar-refractivity contribution in [3.05, 3.63) is 34.2 Å². The number of hydrogen-bond donors (Lipinski definition) is 1. The topological polar surface area (TPSA) is 81.4 Å². The van der Waals surface area contributed by atoms with Gasteiger partial charge >= 0.3 is 12.1 Å². The van der Waals surface area contributed by atoms with Crippen LogP contribution in [0.2, 0.25) is 0 Å². The first-order valence-electron chi connectivity index (χ1n) is 7.04. The van der Waals surface area contributed by atoms with Crippen LogP contribution in [0.1, 0.15) is 25.5 Å². The standard InChI is InChI=1S/C15H15F3N2O4/c1-8(2)13-11-5-9(24-7-15(16,17)18)3-4-10(11)14(23)20(19-13)6-12(21)22/h3-5,8H,6-7H2,1-2H3,(H,21,22). The molecule has 2 rings (SSSR count). The van der Waals surface area contributed by atoms with Gasteiger partial charge < -0.3 is 9.84 Å². The molecule has 1 heterocycles. The predicted molar refractivity (Wildman–Crippen MR) is 79.3 cm³/mol. The maximum Gasteiger partial charge on any atom is 0.422 e. The summed E-state index contributed by atoms with van der Waals surface area (Å²) in [5.41, 5.74) is -0.220. The highest BCUT2D eigenvalue weighted by molar-refractivity contribution is 5.85. The first kappa shape index (κ1) is 17.8. The third kappa shape index (κ3) is 4.03. The molecule has 0 radical (unpaired) electrons. The molecule has 130 valence electrons. The molecule has 0 unspecified atom stereocenters. The summed E-state index contributed by atoms with van der Waals surface area (Å²) in [4.78, 5) is 23.1. The minimum Gasteiger partial charge on any atom is -0.484 e. The zero-order valence-electron chi connectivity index (χ0n) is 12.9. The van der Waals surface area contributed by atoms with Gasteiger partial charge in [-0.2, -0.15) is 18.3 Å². The molecular formula is C15H15F3N2O4. The van der Waals surface area contributed by atoms with Crippen molar-refractivity contribution < 1.29 is 27.8 Å². The monoisotopic (exact) mass is 344 g/mol. The minimum atomic E-state index is -4.47. The number of hydrogen-bond acceptors (Lipinski definition) is 4. The van der Waals surface area contributed by atoms with Crippen LogP contribution in [0, 0.1) is 0 Å². The van der Waals surface area contributed by atoms with E-state index in [0.29, 0.717) is 11.1 Å². The van der Waals surface area contributed by atoms with Gasteiger partial charge in [-0.25, -0.2) is 4.68 Å². The van der Waals surface area contributed by atoms with Crippen molar-refractivity contribution >= 4 is 16.7 Å². The van der Waals surface area contributed by atoms with Crippen molar-refractivity contribution in [1.29, 1.82) is 0 Å². The lowest BCUT2D eigenvalue weighted by Crippen LogP contribution is -2.28. The van der Waals surface area contributed by atoms with Gasteiger partial charge in [0.25, 0.3) is 5.56 Å². The summed E-state index contributed by atoms with van der Waals surface area (Å²) < 4.78 is 42.3. The summed E-state index contributed by atoms with van der Waals surface area (Å²) in [5.74, 6) is -1.44. The number of fused-ring (bicyclic) bond motifs is 1. The molecule has 0 aliphatic heterocycles. The van der Waals surface area contributed by atoms with Gasteiger partial charge in [0.15, 0.2) is 6.61 Å². The SMILES string of the molecule is CC(C)c1nn(CC(=O)O)c(=O)c2ccc(OCC(F)(F)F)cc12. The molecule has 1 N–H and O–H groups in total. The summed E-state index contributed by atoms with van der Waals surface area (Å²) in [5, 5.41) is 13.4. The number of ether oxygens (including phenoxy) is 1. The van der Waals surface area contributed by atoms with Crippen molar-refractivity contribution in [2.24, 2.45) is 0 Å². The van der Waals surface area contributed by atoms with Gasteiger partial charge in [-0.1, -0.05) is 13.8 Å². The first-order chi connectivity index (χ1) is 11.1. The van der Waals surface area contributed by atoms with Gasteiger partial charge in [-0.05, 0) is 24.1 Å². The van der Waals surface area contributed by atoms with E-state index in [9.17, 15) is 22.8 Å². The van der Waals surface area contributed by atoms with Gasteiger partial charge in [-0.15, -0.1) is 0 Å². The van der Waals surface area contributed by atoms with E-state index in [1.807, 2.05) is 0 Å². The molecule has 0 bridgehead atoms. The molecule has 0 saturated heterocycles. The van der Waals surface area contributed by atoms with Crippen LogP contribution in [0.3, 0.4) is 0 Å². The highest BCUT2D eigenvalue weighted by atomic mass is 19.4. The number of nitrogens with zero attached hydrogens (tertiary/aromatic N) is 2. The van der Waals surface area contributed by atoms with E-state index in [1.165, 1.54) is 18.2 Å². The number of rotatable bonds is 5. The Balaban J connectivity index is 2.56. The summed E-state index contributed by atoms with van der Waals surface area (Å²) in [6.07, 6.45) is -4.47. The molecule has 0 saturated carbocycles. The van der Waals surface area contributed by atoms with Crippen molar-refractivity contribution in [3.8, 4) is 5.75 Å². The Bertz CT molecular complexity index is 828. The number of carbonyl (C=O) groups is 1. The molecular weight excluding hydrogens is 329 g/mol. The third-order valence-electron chi connectivity index (χ3n) is 3.19. The molecule has 6 nitrogen and oxygen atoms in total. The number of carboxylic acids is 1. The Hall–Kier alpha value is -2.58. The molecule has 24 heavy (non-hydrogen) atoms. The number of aromatic nitrogens is 2. The predicted octanol–water partition coefficient (Wildman–Crippen LogP) is 2.55. The lowest BCUT2D eigenvalue weighted by molar-refractivity contribution is -0.153. The Morgan fingerprint density at radius 2 is 2.00 bits per heavy atom. The second kappa shape index (κ2) is 6.50. The molecule has 0 aliphatic carbocycles. The van der Waals surface area contributed by atoms with Gasteiger partial charge in [0.2, 0.25) is 0 Å². The zero-order chi connectivity index (χ0) is 18.1. The smallest absolute Gasteiger partial charge is 0.422 e. The fraction of sp³-hybridized carbons (Fsp3) is 0.400. The average Bonchev–Trinajstić information content (AvgIpc) is 2.46. The van der Waals surface area contributed by atoms with Gasteiger partial charge in [-0.3, -0.25) is 9.59 Å². The van der Waals surface area contributed by atoms with Crippen LogP contribution in [0.25, 0.3) is 10.8 Å². The number of alkyl halides is 3. The number of aliphatic carboxylic acids is 1. The normalized spacial score (nSPS) is 11.9. The Morgan fingerprint density at radius 1 is 1.33 bits per heavy atom. The van der Waals surface area contributed by atoms with E-state index in [1.54, 1.807) is 13.8 Å². The van der Waals surface area contributed by atoms with Crippen molar-refractivity contribution in [2.45, 2.75) is 32.5 Å². The van der Waals surface area contributed by atoms with E-state index in [0.717, 1.165) is 4.68 Å². The van der Waals surface area contributed by atoms with Gasteiger partial charge in [0.05, 0.1) is 11.1 Å². The molecule has 1 aromatic carbocycles. The van der Waals surface area contributed by atoms with E-state index in [-0.39, 0.29) is 17.1 Å². The lowest BCUT2D eigenvalue weighted by Gasteiger charge is -2.14. The van der Waals surface area contributed by atoms with Crippen LogP contribution in [-0.4, -0.2) is 33.6 Å². The van der Waals surface area contributed by atoms with E-state index in [2.05, 4.69) is 5.10 Å². The van der Waals surface area contributed by atoms with Gasteiger partial charge in [0.1, 0.15) is 12.3 Å². The fourth-order valence-corrected chi connectivity index (χ4v) is 2.21. The molecule has 9 heteroatoms. The Kier molecular flexibility index (Phi) is 4.81. The third-order valence-corrected chi connectivity index (χ3v) is 3.19. The van der Waals surface area contributed by atoms with Crippen LogP contribution in [0.5, 0.6) is 5.75 Å². The van der Waals surface area contributed by atoms with E-state index in [4.69, 9.17) is 9.84 Å². The molecule has 0 atom stereocenters. The molecule has 1 aromatic heterocycles. The summed E-state index contributed by atoms with van der Waals surface area (Å²) in [7, 11) is 0. The largest absolute Gasteiger partial charge is 0.484 e. The minimum absolute atomic E-state index is 0.0427. The second-order valence-electron chi connectivity index (χ2n) is 5.51. The highest BCUT2D eigenvalue weighted by Crippen LogP contribution is 2.26. The van der Waals surface area contributed by atoms with Crippen LogP contribution < -0.4 is 10.3 Å². The van der Waals surface area contributed by atoms with E-state index < -0.39 is 30.9 Å². The molecule has 0 amide bonds. The van der Waals surface area contributed by atoms with Crippen molar-refractivity contribution in [2.75, 3.05) is 6.61 Å². The number of benzene rings is 1. The fourth-order valence-electron chi connectivity index (χ4n) is 2.21. The second-order valence-corrected chi connectivity index (χ2v) is 5.51. The summed E-state index contributed by atoms with van der Waals surface area (Å²) in [6, 6.07) is 3.87. The number of halogens is 3. The van der Waals surface area contributed by atoms with Crippen molar-refractivity contribution in [1.82, 2.24) is 9.78 Å². The molecule has 2 aromatic rings. The van der Waals surface area contributed by atoms with Crippen LogP contribution >= 0.6 is 0 Å². The Labute approximate surface area is 134 Å². The quantitative estimate of drug-likeness (QED) is 0.901. The van der Waals surface area contributed by atoms with Gasteiger partial charge in [0, 0.05) is 5.39 Å². The molecule has 0 aliphatic rings. The molecule has 0 fully saturated rings. The summed E-state index contributed by atoms with van der Waals surface area (Å²) in [6.45, 7) is 1.51. The first-order valence-corrected chi connectivity index (χ1v) is 7.04. The van der Waals surface area contributed by atoms with Crippen LogP contribution in [0.4, 0.5) is 13.2 Å². The Morgan fingerprint density at radius 3 is 2.54 bits per heavy atom. The average molecular weight is 344 g/mol. The summed E-state index contributed by atoms with van der Waals surface area (Å²) >= 11 is 0. The maximum absolute atomic E-state index is 12.3.